The van der Waals surface area contributed by atoms with E-state index in [0.29, 0.717) is 18.9 Å². The number of nitrogens with one attached hydrogen (secondary N) is 1. The average Bonchev–Trinajstić information content (AvgIpc) is 2.60. The predicted molar refractivity (Wildman–Crippen MR) is 79.0 cm³/mol. The topological polar surface area (TPSA) is 34.0 Å². The van der Waals surface area contributed by atoms with Crippen molar-refractivity contribution in [3.63, 3.8) is 0 Å². The van der Waals surface area contributed by atoms with Crippen LogP contribution in [0, 0.1) is 12.8 Å². The number of carbonyl (C=O) groups excluding carboxylic acids is 1. The van der Waals surface area contributed by atoms with Crippen LogP contribution in [0.2, 0.25) is 0 Å². The van der Waals surface area contributed by atoms with Crippen LogP contribution < -0.4 is 5.32 Å². The minimum absolute atomic E-state index is 0.127. The minimum Gasteiger partial charge on any atom is -0.352 e. The summed E-state index contributed by atoms with van der Waals surface area (Å²) in [6.45, 7) is 6.83. The molecule has 0 unspecified atom stereocenters. The van der Waals surface area contributed by atoms with Crippen LogP contribution in [-0.2, 0) is 18.4 Å². The van der Waals surface area contributed by atoms with Crippen LogP contribution in [0.25, 0.3) is 10.9 Å². The van der Waals surface area contributed by atoms with Gasteiger partial charge in [0.2, 0.25) is 5.91 Å². The van der Waals surface area contributed by atoms with E-state index in [1.807, 2.05) is 12.1 Å². The van der Waals surface area contributed by atoms with Crippen molar-refractivity contribution in [3.8, 4) is 0 Å². The van der Waals surface area contributed by atoms with Gasteiger partial charge in [0.1, 0.15) is 0 Å². The Morgan fingerprint density at radius 2 is 2.00 bits per heavy atom. The monoisotopic (exact) mass is 258 g/mol. The lowest BCUT2D eigenvalue weighted by atomic mass is 10.1. The van der Waals surface area contributed by atoms with Gasteiger partial charge in [-0.05, 0) is 24.5 Å². The molecule has 102 valence electrons. The molecule has 2 rings (SSSR count). The van der Waals surface area contributed by atoms with Crippen molar-refractivity contribution in [3.05, 3.63) is 35.5 Å². The number of fused-ring (bicyclic) bond motifs is 1. The van der Waals surface area contributed by atoms with E-state index in [1.165, 1.54) is 22.2 Å². The first kappa shape index (κ1) is 13.7. The number of rotatable bonds is 4. The number of benzene rings is 1. The van der Waals surface area contributed by atoms with E-state index in [-0.39, 0.29) is 5.91 Å². The molecule has 1 aromatic carbocycles. The van der Waals surface area contributed by atoms with Crippen molar-refractivity contribution in [2.24, 2.45) is 13.0 Å². The van der Waals surface area contributed by atoms with Crippen LogP contribution >= 0.6 is 0 Å². The predicted octanol–water partition coefficient (Wildman–Crippen LogP) is 3.15. The molecule has 3 heteroatoms. The summed E-state index contributed by atoms with van der Waals surface area (Å²) in [5.41, 5.74) is 3.65. The van der Waals surface area contributed by atoms with Gasteiger partial charge in [-0.3, -0.25) is 4.79 Å². The van der Waals surface area contributed by atoms with E-state index in [4.69, 9.17) is 0 Å². The van der Waals surface area contributed by atoms with Crippen molar-refractivity contribution in [2.75, 3.05) is 0 Å². The lowest BCUT2D eigenvalue weighted by molar-refractivity contribution is -0.121. The van der Waals surface area contributed by atoms with Crippen LogP contribution in [0.1, 0.15) is 31.5 Å². The average molecular weight is 258 g/mol. The zero-order valence-electron chi connectivity index (χ0n) is 12.2. The SMILES string of the molecule is Cc1c(CNC(=O)CC(C)C)c2ccccc2n1C. The number of para-hydroxylation sites is 1. The van der Waals surface area contributed by atoms with Gasteiger partial charge in [0, 0.05) is 36.6 Å². The minimum atomic E-state index is 0.127. The van der Waals surface area contributed by atoms with Gasteiger partial charge in [-0.1, -0.05) is 32.0 Å². The fourth-order valence-electron chi connectivity index (χ4n) is 2.45. The Bertz CT molecular complexity index is 596. The molecule has 0 aliphatic heterocycles. The molecule has 2 aromatic rings. The molecule has 0 aliphatic rings. The second-order valence-electron chi connectivity index (χ2n) is 5.51. The summed E-state index contributed by atoms with van der Waals surface area (Å²) in [7, 11) is 2.07. The zero-order chi connectivity index (χ0) is 14.0. The number of aryl methyl sites for hydroxylation is 1. The molecule has 0 fully saturated rings. The highest BCUT2D eigenvalue weighted by molar-refractivity contribution is 5.86. The number of hydrogen-bond acceptors (Lipinski definition) is 1. The van der Waals surface area contributed by atoms with Crippen LogP contribution in [0.5, 0.6) is 0 Å². The van der Waals surface area contributed by atoms with E-state index < -0.39 is 0 Å². The van der Waals surface area contributed by atoms with Gasteiger partial charge in [0.05, 0.1) is 0 Å². The Morgan fingerprint density at radius 1 is 1.32 bits per heavy atom. The van der Waals surface area contributed by atoms with Gasteiger partial charge in [-0.15, -0.1) is 0 Å². The molecule has 1 N–H and O–H groups in total. The van der Waals surface area contributed by atoms with E-state index in [0.717, 1.165) is 0 Å². The molecule has 3 nitrogen and oxygen atoms in total. The van der Waals surface area contributed by atoms with Crippen molar-refractivity contribution in [1.82, 2.24) is 9.88 Å². The van der Waals surface area contributed by atoms with Crippen molar-refractivity contribution < 1.29 is 4.79 Å². The van der Waals surface area contributed by atoms with Gasteiger partial charge in [-0.2, -0.15) is 0 Å². The van der Waals surface area contributed by atoms with Crippen molar-refractivity contribution in [2.45, 2.75) is 33.7 Å². The molecule has 0 aliphatic carbocycles. The summed E-state index contributed by atoms with van der Waals surface area (Å²) >= 11 is 0. The summed E-state index contributed by atoms with van der Waals surface area (Å²) in [6, 6.07) is 8.32. The maximum atomic E-state index is 11.8. The summed E-state index contributed by atoms with van der Waals surface area (Å²) in [5.74, 6) is 0.524. The number of nitrogens with zero attached hydrogens (tertiary/aromatic N) is 1. The lowest BCUT2D eigenvalue weighted by Crippen LogP contribution is -2.24. The molecular weight excluding hydrogens is 236 g/mol. The smallest absolute Gasteiger partial charge is 0.220 e. The summed E-state index contributed by atoms with van der Waals surface area (Å²) < 4.78 is 2.18. The number of carbonyl (C=O) groups is 1. The third-order valence-electron chi connectivity index (χ3n) is 3.59. The van der Waals surface area contributed by atoms with Gasteiger partial charge in [0.25, 0.3) is 0 Å². The summed E-state index contributed by atoms with van der Waals surface area (Å²) in [5, 5.41) is 4.25. The molecule has 1 amide bonds. The Hall–Kier alpha value is -1.77. The molecule has 1 aromatic heterocycles. The molecule has 1 heterocycles. The van der Waals surface area contributed by atoms with Crippen molar-refractivity contribution in [1.29, 1.82) is 0 Å². The maximum absolute atomic E-state index is 11.8. The highest BCUT2D eigenvalue weighted by atomic mass is 16.1. The molecule has 0 atom stereocenters. The lowest BCUT2D eigenvalue weighted by Gasteiger charge is -2.07. The fourth-order valence-corrected chi connectivity index (χ4v) is 2.45. The van der Waals surface area contributed by atoms with Crippen molar-refractivity contribution >= 4 is 16.8 Å². The highest BCUT2D eigenvalue weighted by Crippen LogP contribution is 2.24. The third kappa shape index (κ3) is 2.80. The fraction of sp³-hybridized carbons (Fsp3) is 0.438. The quantitative estimate of drug-likeness (QED) is 0.898. The Balaban J connectivity index is 2.21. The van der Waals surface area contributed by atoms with Crippen LogP contribution in [0.4, 0.5) is 0 Å². The number of amides is 1. The van der Waals surface area contributed by atoms with Gasteiger partial charge in [0.15, 0.2) is 0 Å². The van der Waals surface area contributed by atoms with E-state index >= 15 is 0 Å². The standard InChI is InChI=1S/C16H22N2O/c1-11(2)9-16(19)17-10-14-12(3)18(4)15-8-6-5-7-13(14)15/h5-8,11H,9-10H2,1-4H3,(H,17,19). The number of aromatic nitrogens is 1. The van der Waals surface area contributed by atoms with Gasteiger partial charge in [-0.25, -0.2) is 0 Å². The number of hydrogen-bond donors (Lipinski definition) is 1. The maximum Gasteiger partial charge on any atom is 0.220 e. The van der Waals surface area contributed by atoms with E-state index in [9.17, 15) is 4.79 Å². The van der Waals surface area contributed by atoms with Crippen LogP contribution in [0.15, 0.2) is 24.3 Å². The molecular formula is C16H22N2O. The highest BCUT2D eigenvalue weighted by Gasteiger charge is 2.12. The first-order valence-electron chi connectivity index (χ1n) is 6.80. The molecule has 0 saturated heterocycles. The summed E-state index contributed by atoms with van der Waals surface area (Å²) in [4.78, 5) is 11.8. The zero-order valence-corrected chi connectivity index (χ0v) is 12.2. The van der Waals surface area contributed by atoms with E-state index in [2.05, 4.69) is 49.8 Å². The molecule has 0 spiro atoms. The van der Waals surface area contributed by atoms with Gasteiger partial charge >= 0.3 is 0 Å². The van der Waals surface area contributed by atoms with Crippen LogP contribution in [0.3, 0.4) is 0 Å². The van der Waals surface area contributed by atoms with Crippen LogP contribution in [-0.4, -0.2) is 10.5 Å². The Kier molecular flexibility index (Phi) is 3.93. The molecule has 19 heavy (non-hydrogen) atoms. The first-order valence-corrected chi connectivity index (χ1v) is 6.80. The second kappa shape index (κ2) is 5.47. The Labute approximate surface area is 114 Å². The first-order chi connectivity index (χ1) is 9.00. The third-order valence-corrected chi connectivity index (χ3v) is 3.59. The second-order valence-corrected chi connectivity index (χ2v) is 5.51. The van der Waals surface area contributed by atoms with E-state index in [1.54, 1.807) is 0 Å². The summed E-state index contributed by atoms with van der Waals surface area (Å²) in [6.07, 6.45) is 0.587. The molecule has 0 saturated carbocycles. The Morgan fingerprint density at radius 3 is 2.68 bits per heavy atom. The molecule has 0 bridgehead atoms. The molecule has 0 radical (unpaired) electrons. The van der Waals surface area contributed by atoms with Gasteiger partial charge < -0.3 is 9.88 Å². The largest absolute Gasteiger partial charge is 0.352 e. The normalized spacial score (nSPS) is 11.2.